The average molecular weight is 611 g/mol. The third-order valence-corrected chi connectivity index (χ3v) is 11.2. The van der Waals surface area contributed by atoms with Crippen LogP contribution in [0.25, 0.3) is 0 Å². The summed E-state index contributed by atoms with van der Waals surface area (Å²) in [4.78, 5) is 60.2. The molecule has 11 nitrogen and oxygen atoms in total. The predicted molar refractivity (Wildman–Crippen MR) is 163 cm³/mol. The van der Waals surface area contributed by atoms with E-state index in [1.54, 1.807) is 11.1 Å². The molecule has 2 N–H and O–H groups in total. The lowest BCUT2D eigenvalue weighted by Gasteiger charge is -2.50. The molecular weight excluding hydrogens is 560 g/mol. The fourth-order valence-corrected chi connectivity index (χ4v) is 8.02. The minimum atomic E-state index is -0.801. The van der Waals surface area contributed by atoms with Gasteiger partial charge in [-0.1, -0.05) is 33.1 Å². The van der Waals surface area contributed by atoms with E-state index in [0.29, 0.717) is 50.8 Å². The van der Waals surface area contributed by atoms with Gasteiger partial charge in [-0.15, -0.1) is 0 Å². The van der Waals surface area contributed by atoms with Crippen LogP contribution < -0.4 is 5.32 Å². The van der Waals surface area contributed by atoms with Gasteiger partial charge >= 0.3 is 0 Å². The number of nitrogens with one attached hydrogen (secondary N) is 2. The normalized spacial score (nSPS) is 27.5. The Morgan fingerprint density at radius 2 is 1.64 bits per heavy atom. The van der Waals surface area contributed by atoms with E-state index >= 15 is 0 Å². The number of carbonyl (C=O) groups is 4. The monoisotopic (exact) mass is 610 g/mol. The molecule has 0 radical (unpaired) electrons. The number of aromatic amines is 1. The van der Waals surface area contributed by atoms with Crippen molar-refractivity contribution in [3.63, 3.8) is 0 Å². The quantitative estimate of drug-likeness (QED) is 0.443. The van der Waals surface area contributed by atoms with Gasteiger partial charge in [0.1, 0.15) is 6.04 Å². The van der Waals surface area contributed by atoms with E-state index in [2.05, 4.69) is 29.4 Å². The van der Waals surface area contributed by atoms with Crippen LogP contribution in [-0.4, -0.2) is 107 Å². The zero-order valence-electron chi connectivity index (χ0n) is 26.7. The van der Waals surface area contributed by atoms with Gasteiger partial charge in [-0.3, -0.25) is 24.3 Å². The van der Waals surface area contributed by atoms with Crippen molar-refractivity contribution in [1.29, 1.82) is 0 Å². The third-order valence-electron chi connectivity index (χ3n) is 11.2. The van der Waals surface area contributed by atoms with Gasteiger partial charge in [0.15, 0.2) is 0 Å². The van der Waals surface area contributed by atoms with Crippen LogP contribution in [0.1, 0.15) is 88.9 Å². The van der Waals surface area contributed by atoms with Gasteiger partial charge in [-0.25, -0.2) is 0 Å². The number of carbonyl (C=O) groups excluding carboxylic acids is 4. The maximum atomic E-state index is 14.2. The van der Waals surface area contributed by atoms with Crippen LogP contribution in [0.3, 0.4) is 0 Å². The van der Waals surface area contributed by atoms with Crippen molar-refractivity contribution in [2.75, 3.05) is 45.9 Å². The predicted octanol–water partition coefficient (Wildman–Crippen LogP) is 2.84. The zero-order chi connectivity index (χ0) is 31.1. The van der Waals surface area contributed by atoms with Crippen LogP contribution in [0.4, 0.5) is 0 Å². The lowest BCUT2D eigenvalue weighted by atomic mass is 9.70. The fraction of sp³-hybridized carbons (Fsp3) is 0.788. The minimum absolute atomic E-state index is 0.0192. The number of rotatable bonds is 9. The highest BCUT2D eigenvalue weighted by Crippen LogP contribution is 2.54. The van der Waals surface area contributed by atoms with Gasteiger partial charge in [0.05, 0.1) is 23.8 Å². The van der Waals surface area contributed by atoms with Crippen molar-refractivity contribution in [3.8, 4) is 0 Å². The molecule has 3 aliphatic heterocycles. The lowest BCUT2D eigenvalue weighted by Crippen LogP contribution is -2.65. The molecule has 2 aliphatic carbocycles. The molecular formula is C33H50N6O5. The van der Waals surface area contributed by atoms with E-state index < -0.39 is 23.5 Å². The van der Waals surface area contributed by atoms with E-state index in [1.807, 2.05) is 16.7 Å². The highest BCUT2D eigenvalue weighted by Gasteiger charge is 2.62. The zero-order valence-corrected chi connectivity index (χ0v) is 26.7. The Morgan fingerprint density at radius 3 is 2.27 bits per heavy atom. The average Bonchev–Trinajstić information content (AvgIpc) is 3.38. The number of H-pyrrole nitrogens is 1. The van der Waals surface area contributed by atoms with E-state index in [1.165, 1.54) is 25.5 Å². The van der Waals surface area contributed by atoms with Crippen molar-refractivity contribution >= 4 is 23.6 Å². The molecule has 0 aromatic carbocycles. The van der Waals surface area contributed by atoms with E-state index in [0.717, 1.165) is 38.5 Å². The Bertz CT molecular complexity index is 1220. The van der Waals surface area contributed by atoms with Crippen LogP contribution >= 0.6 is 0 Å². The summed E-state index contributed by atoms with van der Waals surface area (Å²) in [6.07, 6.45) is 12.5. The maximum absolute atomic E-state index is 14.2. The van der Waals surface area contributed by atoms with E-state index in [-0.39, 0.29) is 41.5 Å². The molecule has 0 bridgehead atoms. The summed E-state index contributed by atoms with van der Waals surface area (Å²) in [6.45, 7) is 9.57. The van der Waals surface area contributed by atoms with Crippen LogP contribution in [0.5, 0.6) is 0 Å². The summed E-state index contributed by atoms with van der Waals surface area (Å²) in [5.74, 6) is -0.413. The van der Waals surface area contributed by atoms with Crippen molar-refractivity contribution < 1.29 is 23.9 Å². The number of ether oxygens (including phenoxy) is 1. The minimum Gasteiger partial charge on any atom is -0.376 e. The lowest BCUT2D eigenvalue weighted by molar-refractivity contribution is -0.153. The largest absolute Gasteiger partial charge is 0.376 e. The molecule has 5 aliphatic rings. The molecule has 3 saturated heterocycles. The standard InChI is InChI=1S/C33H50N6O5/c1-22(44-18-23-10-6-4-7-11-23)27(31(43)37-12-8-5-9-13-37)36-28(40)26-17-38(29(41)24-15-34-35-16-24)19-33(26)20-39(21-33)30(42)25-14-32(25,2)3/h15-16,22-23,25-27H,4-14,17-21H2,1-3H3,(H,34,35)(H,36,40)/t22-,25-,26-,27+/m1/s1. The molecule has 1 aromatic rings. The molecule has 242 valence electrons. The third kappa shape index (κ3) is 6.26. The first-order valence-corrected chi connectivity index (χ1v) is 16.9. The number of piperidine rings is 1. The fourth-order valence-electron chi connectivity index (χ4n) is 8.02. The summed E-state index contributed by atoms with van der Waals surface area (Å²) < 4.78 is 6.33. The first-order chi connectivity index (χ1) is 21.1. The number of hydrogen-bond donors (Lipinski definition) is 2. The SMILES string of the molecule is C[C@@H](OCC1CCCCC1)[C@H](NC(=O)[C@H]1CN(C(=O)c2cn[nH]c2)CC12CN(C(=O)[C@H]1CC1(C)C)C2)C(=O)N1CCCCC1. The number of likely N-dealkylation sites (tertiary alicyclic amines) is 3. The molecule has 1 spiro atoms. The van der Waals surface area contributed by atoms with Gasteiger partial charge < -0.3 is 24.8 Å². The van der Waals surface area contributed by atoms with Crippen molar-refractivity contribution in [2.24, 2.45) is 28.6 Å². The van der Waals surface area contributed by atoms with Crippen molar-refractivity contribution in [1.82, 2.24) is 30.2 Å². The second kappa shape index (κ2) is 12.4. The van der Waals surface area contributed by atoms with Crippen LogP contribution in [-0.2, 0) is 19.1 Å². The number of hydrogen-bond acceptors (Lipinski definition) is 6. The second-order valence-corrected chi connectivity index (χ2v) is 14.9. The molecule has 0 unspecified atom stereocenters. The van der Waals surface area contributed by atoms with Gasteiger partial charge in [0, 0.05) is 63.4 Å². The molecule has 6 rings (SSSR count). The highest BCUT2D eigenvalue weighted by atomic mass is 16.5. The van der Waals surface area contributed by atoms with Gasteiger partial charge in [-0.05, 0) is 56.8 Å². The molecule has 4 amide bonds. The maximum Gasteiger partial charge on any atom is 0.257 e. The molecule has 5 fully saturated rings. The Balaban J connectivity index is 1.18. The smallest absolute Gasteiger partial charge is 0.257 e. The Hall–Kier alpha value is -2.95. The first kappa shape index (κ1) is 31.0. The second-order valence-electron chi connectivity index (χ2n) is 14.9. The topological polar surface area (TPSA) is 128 Å². The number of amides is 4. The molecule has 44 heavy (non-hydrogen) atoms. The summed E-state index contributed by atoms with van der Waals surface area (Å²) >= 11 is 0. The molecule has 1 aromatic heterocycles. The number of aromatic nitrogens is 2. The van der Waals surface area contributed by atoms with E-state index in [9.17, 15) is 19.2 Å². The van der Waals surface area contributed by atoms with Crippen molar-refractivity contribution in [3.05, 3.63) is 18.0 Å². The molecule has 2 saturated carbocycles. The number of nitrogens with zero attached hydrogens (tertiary/aromatic N) is 4. The summed E-state index contributed by atoms with van der Waals surface area (Å²) in [7, 11) is 0. The van der Waals surface area contributed by atoms with Gasteiger partial charge in [0.25, 0.3) is 5.91 Å². The summed E-state index contributed by atoms with van der Waals surface area (Å²) in [6, 6.07) is -0.801. The van der Waals surface area contributed by atoms with Crippen molar-refractivity contribution in [2.45, 2.75) is 90.7 Å². The Kier molecular flexibility index (Phi) is 8.78. The summed E-state index contributed by atoms with van der Waals surface area (Å²) in [5, 5.41) is 9.76. The Morgan fingerprint density at radius 1 is 0.977 bits per heavy atom. The van der Waals surface area contributed by atoms with Gasteiger partial charge in [-0.2, -0.15) is 5.10 Å². The van der Waals surface area contributed by atoms with Crippen LogP contribution in [0.2, 0.25) is 0 Å². The molecule has 4 heterocycles. The van der Waals surface area contributed by atoms with E-state index in [4.69, 9.17) is 4.74 Å². The highest BCUT2D eigenvalue weighted by molar-refractivity contribution is 5.95. The molecule has 11 heteroatoms. The van der Waals surface area contributed by atoms with Gasteiger partial charge in [0.2, 0.25) is 17.7 Å². The van der Waals surface area contributed by atoms with Crippen LogP contribution in [0, 0.1) is 28.6 Å². The van der Waals surface area contributed by atoms with Crippen LogP contribution in [0.15, 0.2) is 12.4 Å². The first-order valence-electron chi connectivity index (χ1n) is 16.9. The Labute approximate surface area is 260 Å². The summed E-state index contributed by atoms with van der Waals surface area (Å²) in [5.41, 5.74) is -0.0925. The molecule has 4 atom stereocenters.